The van der Waals surface area contributed by atoms with Gasteiger partial charge in [0.2, 0.25) is 10.0 Å². The lowest BCUT2D eigenvalue weighted by Gasteiger charge is -2.15. The maximum Gasteiger partial charge on any atom is 0.251 e. The Morgan fingerprint density at radius 2 is 1.74 bits per heavy atom. The van der Waals surface area contributed by atoms with Crippen molar-refractivity contribution in [3.05, 3.63) is 29.8 Å². The molecule has 1 aromatic carbocycles. The predicted molar refractivity (Wildman–Crippen MR) is 92.9 cm³/mol. The molecular formula is C17H28N2O3S. The molecule has 5 nitrogen and oxygen atoms in total. The van der Waals surface area contributed by atoms with Crippen LogP contribution in [0.15, 0.2) is 29.2 Å². The highest BCUT2D eigenvalue weighted by Gasteiger charge is 2.18. The van der Waals surface area contributed by atoms with E-state index in [1.54, 1.807) is 26.0 Å². The van der Waals surface area contributed by atoms with E-state index < -0.39 is 10.0 Å². The quantitative estimate of drug-likeness (QED) is 0.764. The second-order valence-electron chi connectivity index (χ2n) is 6.65. The van der Waals surface area contributed by atoms with Crippen LogP contribution in [0.3, 0.4) is 0 Å². The van der Waals surface area contributed by atoms with Gasteiger partial charge in [-0.1, -0.05) is 19.9 Å². The van der Waals surface area contributed by atoms with E-state index in [0.717, 1.165) is 12.8 Å². The van der Waals surface area contributed by atoms with E-state index in [1.807, 2.05) is 6.92 Å². The first-order valence-corrected chi connectivity index (χ1v) is 9.53. The number of benzene rings is 1. The fourth-order valence-electron chi connectivity index (χ4n) is 2.15. The Labute approximate surface area is 139 Å². The van der Waals surface area contributed by atoms with E-state index in [1.165, 1.54) is 12.1 Å². The Balaban J connectivity index is 2.82. The number of hydrogen-bond acceptors (Lipinski definition) is 3. The summed E-state index contributed by atoms with van der Waals surface area (Å²) in [6, 6.07) is 5.97. The number of carbonyl (C=O) groups is 1. The SMILES string of the molecule is CC(C)CCC(C)NC(=O)c1cccc(S(=O)(=O)NC(C)C)c1. The highest BCUT2D eigenvalue weighted by atomic mass is 32.2. The van der Waals surface area contributed by atoms with Crippen LogP contribution in [0.4, 0.5) is 0 Å². The van der Waals surface area contributed by atoms with Gasteiger partial charge in [-0.15, -0.1) is 0 Å². The van der Waals surface area contributed by atoms with Gasteiger partial charge in [-0.25, -0.2) is 13.1 Å². The van der Waals surface area contributed by atoms with Gasteiger partial charge >= 0.3 is 0 Å². The molecule has 130 valence electrons. The van der Waals surface area contributed by atoms with Crippen molar-refractivity contribution in [1.29, 1.82) is 0 Å². The first kappa shape index (κ1) is 19.6. The lowest BCUT2D eigenvalue weighted by molar-refractivity contribution is 0.0937. The third-order valence-corrected chi connectivity index (χ3v) is 5.01. The minimum atomic E-state index is -3.60. The third kappa shape index (κ3) is 6.71. The average molecular weight is 340 g/mol. The van der Waals surface area contributed by atoms with E-state index in [2.05, 4.69) is 23.9 Å². The zero-order valence-electron chi connectivity index (χ0n) is 14.6. The van der Waals surface area contributed by atoms with Gasteiger partial charge in [0.25, 0.3) is 5.91 Å². The summed E-state index contributed by atoms with van der Waals surface area (Å²) in [5, 5.41) is 2.92. The van der Waals surface area contributed by atoms with Crippen LogP contribution in [-0.2, 0) is 10.0 Å². The normalized spacial score (nSPS) is 13.3. The molecule has 0 fully saturated rings. The van der Waals surface area contributed by atoms with Gasteiger partial charge in [0.05, 0.1) is 4.90 Å². The molecule has 0 aliphatic heterocycles. The number of nitrogens with one attached hydrogen (secondary N) is 2. The number of sulfonamides is 1. The van der Waals surface area contributed by atoms with E-state index in [0.29, 0.717) is 11.5 Å². The largest absolute Gasteiger partial charge is 0.350 e. The molecule has 0 aliphatic carbocycles. The van der Waals surface area contributed by atoms with Crippen molar-refractivity contribution in [3.8, 4) is 0 Å². The van der Waals surface area contributed by atoms with Crippen LogP contribution in [-0.4, -0.2) is 26.4 Å². The first-order chi connectivity index (χ1) is 10.6. The highest BCUT2D eigenvalue weighted by molar-refractivity contribution is 7.89. The number of rotatable bonds is 8. The lowest BCUT2D eigenvalue weighted by atomic mass is 10.0. The zero-order valence-corrected chi connectivity index (χ0v) is 15.4. The van der Waals surface area contributed by atoms with Crippen molar-refractivity contribution < 1.29 is 13.2 Å². The van der Waals surface area contributed by atoms with Crippen LogP contribution in [0, 0.1) is 5.92 Å². The summed E-state index contributed by atoms with van der Waals surface area (Å²) in [7, 11) is -3.60. The second-order valence-corrected chi connectivity index (χ2v) is 8.36. The summed E-state index contributed by atoms with van der Waals surface area (Å²) in [5.41, 5.74) is 0.355. The minimum Gasteiger partial charge on any atom is -0.350 e. The van der Waals surface area contributed by atoms with Crippen LogP contribution in [0.1, 0.15) is 57.8 Å². The molecule has 23 heavy (non-hydrogen) atoms. The molecule has 0 heterocycles. The van der Waals surface area contributed by atoms with Crippen molar-refractivity contribution in [1.82, 2.24) is 10.0 Å². The Morgan fingerprint density at radius 3 is 2.30 bits per heavy atom. The number of hydrogen-bond donors (Lipinski definition) is 2. The molecule has 0 spiro atoms. The monoisotopic (exact) mass is 340 g/mol. The maximum atomic E-state index is 12.3. The van der Waals surface area contributed by atoms with Crippen molar-refractivity contribution >= 4 is 15.9 Å². The fraction of sp³-hybridized carbons (Fsp3) is 0.588. The van der Waals surface area contributed by atoms with E-state index in [-0.39, 0.29) is 22.9 Å². The van der Waals surface area contributed by atoms with Crippen molar-refractivity contribution in [2.75, 3.05) is 0 Å². The van der Waals surface area contributed by atoms with Crippen LogP contribution in [0.2, 0.25) is 0 Å². The standard InChI is InChI=1S/C17H28N2O3S/c1-12(2)9-10-14(5)18-17(20)15-7-6-8-16(11-15)23(21,22)19-13(3)4/h6-8,11-14,19H,9-10H2,1-5H3,(H,18,20). The molecule has 1 amide bonds. The number of carbonyl (C=O) groups excluding carboxylic acids is 1. The van der Waals surface area contributed by atoms with Gasteiger partial charge in [0, 0.05) is 17.6 Å². The van der Waals surface area contributed by atoms with Gasteiger partial charge in [-0.3, -0.25) is 4.79 Å². The molecule has 0 aliphatic rings. The molecule has 0 saturated heterocycles. The minimum absolute atomic E-state index is 0.0546. The maximum absolute atomic E-state index is 12.3. The van der Waals surface area contributed by atoms with Gasteiger partial charge in [-0.2, -0.15) is 0 Å². The highest BCUT2D eigenvalue weighted by Crippen LogP contribution is 2.13. The smallest absolute Gasteiger partial charge is 0.251 e. The summed E-state index contributed by atoms with van der Waals surface area (Å²) in [5.74, 6) is 0.341. The molecule has 0 bridgehead atoms. The van der Waals surface area contributed by atoms with Crippen LogP contribution in [0.5, 0.6) is 0 Å². The molecule has 2 N–H and O–H groups in total. The Morgan fingerprint density at radius 1 is 1.09 bits per heavy atom. The first-order valence-electron chi connectivity index (χ1n) is 8.05. The lowest BCUT2D eigenvalue weighted by Crippen LogP contribution is -2.33. The summed E-state index contributed by atoms with van der Waals surface area (Å²) in [6.45, 7) is 9.76. The zero-order chi connectivity index (χ0) is 17.6. The summed E-state index contributed by atoms with van der Waals surface area (Å²) in [6.07, 6.45) is 1.93. The summed E-state index contributed by atoms with van der Waals surface area (Å²) in [4.78, 5) is 12.4. The summed E-state index contributed by atoms with van der Waals surface area (Å²) < 4.78 is 26.9. The molecule has 0 saturated carbocycles. The molecular weight excluding hydrogens is 312 g/mol. The van der Waals surface area contributed by atoms with E-state index in [9.17, 15) is 13.2 Å². The van der Waals surface area contributed by atoms with Gasteiger partial charge < -0.3 is 5.32 Å². The molecule has 0 aromatic heterocycles. The predicted octanol–water partition coefficient (Wildman–Crippen LogP) is 2.93. The molecule has 1 aromatic rings. The Kier molecular flexibility index (Phi) is 7.22. The average Bonchev–Trinajstić information content (AvgIpc) is 2.44. The van der Waals surface area contributed by atoms with E-state index in [4.69, 9.17) is 0 Å². The molecule has 1 rings (SSSR count). The van der Waals surface area contributed by atoms with Crippen molar-refractivity contribution in [2.24, 2.45) is 5.92 Å². The molecule has 6 heteroatoms. The van der Waals surface area contributed by atoms with Crippen LogP contribution < -0.4 is 10.0 Å². The van der Waals surface area contributed by atoms with E-state index >= 15 is 0 Å². The van der Waals surface area contributed by atoms with Crippen LogP contribution in [0.25, 0.3) is 0 Å². The Hall–Kier alpha value is -1.40. The molecule has 0 radical (unpaired) electrons. The number of amides is 1. The molecule has 1 atom stereocenters. The van der Waals surface area contributed by atoms with Gasteiger partial charge in [0.1, 0.15) is 0 Å². The van der Waals surface area contributed by atoms with Crippen molar-refractivity contribution in [2.45, 2.75) is 64.4 Å². The third-order valence-electron chi connectivity index (χ3n) is 3.35. The van der Waals surface area contributed by atoms with Crippen molar-refractivity contribution in [3.63, 3.8) is 0 Å². The topological polar surface area (TPSA) is 75.3 Å². The Bertz CT molecular complexity index is 624. The fourth-order valence-corrected chi connectivity index (χ4v) is 3.44. The second kappa shape index (κ2) is 8.45. The van der Waals surface area contributed by atoms with Gasteiger partial charge in [-0.05, 0) is 57.7 Å². The summed E-state index contributed by atoms with van der Waals surface area (Å²) >= 11 is 0. The molecule has 1 unspecified atom stereocenters. The van der Waals surface area contributed by atoms with Gasteiger partial charge in [0.15, 0.2) is 0 Å². The van der Waals surface area contributed by atoms with Crippen LogP contribution >= 0.6 is 0 Å².